The van der Waals surface area contributed by atoms with Crippen LogP contribution in [0.4, 0.5) is 29.1 Å². The lowest BCUT2D eigenvalue weighted by Gasteiger charge is -2.13. The van der Waals surface area contributed by atoms with Crippen LogP contribution in [0.25, 0.3) is 16.6 Å². The van der Waals surface area contributed by atoms with Crippen LogP contribution in [0.1, 0.15) is 38.3 Å². The molecule has 0 aliphatic carbocycles. The SMILES string of the molecule is Cc1cc2cc(C(=O)c3cnn(-c4cnc(Oc5ccccc5F)cc4C)c3N)[nH]c2cc1NS(=O)(=O)c1cc(C#N)cc(C(F)(F)F)c1. The van der Waals surface area contributed by atoms with Gasteiger partial charge in [0.25, 0.3) is 10.0 Å². The number of halogens is 4. The van der Waals surface area contributed by atoms with Crippen molar-refractivity contribution in [3.8, 4) is 23.4 Å². The molecule has 0 spiro atoms. The van der Waals surface area contributed by atoms with Gasteiger partial charge in [0, 0.05) is 17.0 Å². The van der Waals surface area contributed by atoms with Crippen LogP contribution < -0.4 is 15.2 Å². The lowest BCUT2D eigenvalue weighted by atomic mass is 10.1. The molecule has 0 saturated carbocycles. The second-order valence-corrected chi connectivity index (χ2v) is 12.6. The van der Waals surface area contributed by atoms with Gasteiger partial charge < -0.3 is 15.5 Å². The third kappa shape index (κ3) is 6.39. The van der Waals surface area contributed by atoms with Crippen LogP contribution in [0.5, 0.6) is 11.6 Å². The lowest BCUT2D eigenvalue weighted by molar-refractivity contribution is -0.137. The molecule has 3 aromatic carbocycles. The van der Waals surface area contributed by atoms with E-state index < -0.39 is 43.8 Å². The van der Waals surface area contributed by atoms with Gasteiger partial charge >= 0.3 is 6.18 Å². The number of nitriles is 1. The van der Waals surface area contributed by atoms with Crippen molar-refractivity contribution in [3.05, 3.63) is 118 Å². The highest BCUT2D eigenvalue weighted by atomic mass is 32.2. The second-order valence-electron chi connectivity index (χ2n) is 10.9. The number of nitrogens with zero attached hydrogens (tertiary/aromatic N) is 4. The fraction of sp³-hybridized carbons (Fsp3) is 0.0909. The fourth-order valence-corrected chi connectivity index (χ4v) is 6.22. The average molecular weight is 690 g/mol. The number of benzene rings is 3. The van der Waals surface area contributed by atoms with E-state index >= 15 is 0 Å². The number of anilines is 2. The van der Waals surface area contributed by atoms with Crippen LogP contribution in [0.2, 0.25) is 0 Å². The summed E-state index contributed by atoms with van der Waals surface area (Å²) in [5, 5.41) is 13.9. The Balaban J connectivity index is 1.26. The molecule has 0 aliphatic heterocycles. The molecule has 0 amide bonds. The number of fused-ring (bicyclic) bond motifs is 1. The van der Waals surface area contributed by atoms with Crippen molar-refractivity contribution in [1.29, 1.82) is 5.26 Å². The predicted molar refractivity (Wildman–Crippen MR) is 170 cm³/mol. The normalized spacial score (nSPS) is 11.8. The Morgan fingerprint density at radius 3 is 2.49 bits per heavy atom. The van der Waals surface area contributed by atoms with E-state index in [0.29, 0.717) is 39.8 Å². The Hall–Kier alpha value is -6.21. The molecule has 16 heteroatoms. The van der Waals surface area contributed by atoms with Crippen molar-refractivity contribution < 1.29 is 35.5 Å². The van der Waals surface area contributed by atoms with Gasteiger partial charge in [-0.05, 0) is 73.5 Å². The summed E-state index contributed by atoms with van der Waals surface area (Å²) in [6, 6.07) is 15.3. The van der Waals surface area contributed by atoms with Gasteiger partial charge in [-0.1, -0.05) is 12.1 Å². The van der Waals surface area contributed by atoms with Crippen LogP contribution in [0.3, 0.4) is 0 Å². The maximum Gasteiger partial charge on any atom is 0.416 e. The summed E-state index contributed by atoms with van der Waals surface area (Å²) in [6.45, 7) is 3.30. The predicted octanol–water partition coefficient (Wildman–Crippen LogP) is 6.80. The van der Waals surface area contributed by atoms with Crippen molar-refractivity contribution in [2.75, 3.05) is 10.5 Å². The van der Waals surface area contributed by atoms with Crippen LogP contribution in [-0.4, -0.2) is 33.9 Å². The van der Waals surface area contributed by atoms with Crippen LogP contribution in [0.15, 0.2) is 84.0 Å². The van der Waals surface area contributed by atoms with Gasteiger partial charge in [-0.2, -0.15) is 23.5 Å². The van der Waals surface area contributed by atoms with Crippen molar-refractivity contribution >= 4 is 38.2 Å². The Kier molecular flexibility index (Phi) is 8.08. The topological polar surface area (TPSA) is 169 Å². The zero-order valence-electron chi connectivity index (χ0n) is 25.4. The summed E-state index contributed by atoms with van der Waals surface area (Å²) in [5.74, 6) is -0.959. The summed E-state index contributed by atoms with van der Waals surface area (Å²) in [6.07, 6.45) is -2.18. The number of carbonyl (C=O) groups is 1. The number of aromatic nitrogens is 4. The Bertz CT molecular complexity index is 2450. The van der Waals surface area contributed by atoms with E-state index in [1.54, 1.807) is 38.1 Å². The number of alkyl halides is 3. The number of sulfonamides is 1. The number of hydrogen-bond donors (Lipinski definition) is 3. The van der Waals surface area contributed by atoms with Crippen LogP contribution in [0, 0.1) is 31.0 Å². The number of pyridine rings is 1. The van der Waals surface area contributed by atoms with Gasteiger partial charge in [0.05, 0.1) is 57.1 Å². The quantitative estimate of drug-likeness (QED) is 0.116. The van der Waals surface area contributed by atoms with Crippen LogP contribution >= 0.6 is 0 Å². The smallest absolute Gasteiger partial charge is 0.416 e. The molecule has 0 fully saturated rings. The highest BCUT2D eigenvalue weighted by Crippen LogP contribution is 2.33. The number of carbonyl (C=O) groups excluding carboxylic acids is 1. The first kappa shape index (κ1) is 32.7. The molecule has 0 aliphatic rings. The molecule has 0 bridgehead atoms. The van der Waals surface area contributed by atoms with E-state index in [9.17, 15) is 30.8 Å². The monoisotopic (exact) mass is 689 g/mol. The first-order valence-electron chi connectivity index (χ1n) is 14.2. The molecule has 6 aromatic rings. The van der Waals surface area contributed by atoms with Gasteiger partial charge in [0.15, 0.2) is 11.6 Å². The minimum absolute atomic E-state index is 0.00113. The van der Waals surface area contributed by atoms with Gasteiger partial charge in [0.2, 0.25) is 11.7 Å². The molecule has 6 rings (SSSR count). The lowest BCUT2D eigenvalue weighted by Crippen LogP contribution is -2.16. The number of nitrogens with one attached hydrogen (secondary N) is 2. The van der Waals surface area contributed by atoms with E-state index in [4.69, 9.17) is 15.7 Å². The maximum absolute atomic E-state index is 14.0. The molecule has 0 saturated heterocycles. The molecular weight excluding hydrogens is 666 g/mol. The van der Waals surface area contributed by atoms with Gasteiger partial charge in [-0.25, -0.2) is 22.5 Å². The van der Waals surface area contributed by atoms with Crippen molar-refractivity contribution in [1.82, 2.24) is 19.7 Å². The largest absolute Gasteiger partial charge is 0.436 e. The minimum Gasteiger partial charge on any atom is -0.436 e. The zero-order valence-corrected chi connectivity index (χ0v) is 26.2. The number of para-hydroxylation sites is 1. The number of aryl methyl sites for hydroxylation is 2. The summed E-state index contributed by atoms with van der Waals surface area (Å²) < 4.78 is 89.5. The van der Waals surface area contributed by atoms with Gasteiger partial charge in [0.1, 0.15) is 5.82 Å². The van der Waals surface area contributed by atoms with Crippen molar-refractivity contribution in [2.45, 2.75) is 24.9 Å². The number of rotatable bonds is 8. The number of H-pyrrole nitrogens is 1. The molecule has 248 valence electrons. The van der Waals surface area contributed by atoms with Gasteiger partial charge in [-0.15, -0.1) is 0 Å². The summed E-state index contributed by atoms with van der Waals surface area (Å²) in [4.78, 5) is 19.9. The number of nitrogens with two attached hydrogens (primary N) is 1. The Labute approximate surface area is 275 Å². The minimum atomic E-state index is -4.88. The van der Waals surface area contributed by atoms with Gasteiger partial charge in [-0.3, -0.25) is 9.52 Å². The van der Waals surface area contributed by atoms with Crippen molar-refractivity contribution in [2.24, 2.45) is 0 Å². The third-order valence-electron chi connectivity index (χ3n) is 7.52. The summed E-state index contributed by atoms with van der Waals surface area (Å²) in [5.41, 5.74) is 6.54. The fourth-order valence-electron chi connectivity index (χ4n) is 5.02. The van der Waals surface area contributed by atoms with E-state index in [2.05, 4.69) is 19.8 Å². The Morgan fingerprint density at radius 2 is 1.80 bits per heavy atom. The first-order valence-corrected chi connectivity index (χ1v) is 15.7. The molecular formula is C33H23F4N7O4S. The summed E-state index contributed by atoms with van der Waals surface area (Å²) in [7, 11) is -4.56. The molecule has 49 heavy (non-hydrogen) atoms. The number of ketones is 1. The first-order chi connectivity index (χ1) is 23.1. The number of aromatic amines is 1. The van der Waals surface area contributed by atoms with E-state index in [1.165, 1.54) is 47.4 Å². The molecule has 0 radical (unpaired) electrons. The Morgan fingerprint density at radius 1 is 1.04 bits per heavy atom. The third-order valence-corrected chi connectivity index (χ3v) is 8.86. The second kappa shape index (κ2) is 12.1. The summed E-state index contributed by atoms with van der Waals surface area (Å²) >= 11 is 0. The van der Waals surface area contributed by atoms with E-state index in [1.807, 2.05) is 0 Å². The zero-order chi connectivity index (χ0) is 35.2. The molecule has 11 nitrogen and oxygen atoms in total. The van der Waals surface area contributed by atoms with Crippen molar-refractivity contribution in [3.63, 3.8) is 0 Å². The molecule has 3 aromatic heterocycles. The standard InChI is InChI=1S/C33H23F4N7O4S/c1-17-7-20-11-27(42-26(20)13-25(17)43-49(46,47)22-10-19(14-38)9-21(12-22)33(35,36)37)31(45)23-15-41-44(32(23)39)28-16-40-30(8-18(28)2)48-29-6-4-3-5-24(29)34/h3-13,15-16,42-43H,39H2,1-2H3. The van der Waals surface area contributed by atoms with E-state index in [-0.39, 0.29) is 34.4 Å². The number of ether oxygens (including phenoxy) is 1. The molecule has 0 atom stereocenters. The highest BCUT2D eigenvalue weighted by Gasteiger charge is 2.33. The average Bonchev–Trinajstić information content (AvgIpc) is 3.64. The van der Waals surface area contributed by atoms with E-state index in [0.717, 1.165) is 6.07 Å². The van der Waals surface area contributed by atoms with Crippen LogP contribution in [-0.2, 0) is 16.2 Å². The molecule has 0 unspecified atom stereocenters. The maximum atomic E-state index is 14.0. The highest BCUT2D eigenvalue weighted by molar-refractivity contribution is 7.92. The number of nitrogen functional groups attached to an aromatic ring is 1. The molecule has 3 heterocycles. The molecule has 4 N–H and O–H groups in total. The number of hydrogen-bond acceptors (Lipinski definition) is 8.